The number of nitrogens with zero attached hydrogens (tertiary/aromatic N) is 2. The molecule has 0 spiro atoms. The Morgan fingerprint density at radius 3 is 2.27 bits per heavy atom. The van der Waals surface area contributed by atoms with Gasteiger partial charge in [-0.15, -0.1) is 0 Å². The van der Waals surface area contributed by atoms with Gasteiger partial charge in [0.15, 0.2) is 0 Å². The molecule has 2 aromatic carbocycles. The lowest BCUT2D eigenvalue weighted by Crippen LogP contribution is -2.45. The summed E-state index contributed by atoms with van der Waals surface area (Å²) in [6, 6.07) is 9.35. The van der Waals surface area contributed by atoms with Crippen LogP contribution in [-0.2, 0) is 0 Å². The summed E-state index contributed by atoms with van der Waals surface area (Å²) >= 11 is 0. The minimum absolute atomic E-state index is 0.402. The molecule has 1 saturated heterocycles. The van der Waals surface area contributed by atoms with E-state index in [9.17, 15) is 4.79 Å². The Morgan fingerprint density at radius 1 is 0.939 bits per heavy atom. The minimum Gasteiger partial charge on any atom is -0.497 e. The second-order valence-electron chi connectivity index (χ2n) is 8.62. The third kappa shape index (κ3) is 4.99. The van der Waals surface area contributed by atoms with E-state index in [-0.39, 0.29) is 0 Å². The van der Waals surface area contributed by atoms with Gasteiger partial charge in [-0.1, -0.05) is 0 Å². The number of ether oxygens (including phenoxy) is 3. The zero-order chi connectivity index (χ0) is 23.5. The van der Waals surface area contributed by atoms with Crippen molar-refractivity contribution in [2.45, 2.75) is 13.8 Å². The Balaban J connectivity index is 1.57. The number of hydrogen-bond acceptors (Lipinski definition) is 7. The fourth-order valence-electron chi connectivity index (χ4n) is 4.35. The summed E-state index contributed by atoms with van der Waals surface area (Å²) in [4.78, 5) is 17.6. The van der Waals surface area contributed by atoms with Crippen molar-refractivity contribution < 1.29 is 18.6 Å². The zero-order valence-electron chi connectivity index (χ0n) is 20.1. The Labute approximate surface area is 194 Å². The first-order valence-electron chi connectivity index (χ1n) is 11.2. The van der Waals surface area contributed by atoms with Crippen molar-refractivity contribution in [2.24, 2.45) is 0 Å². The fraction of sp³-hybridized carbons (Fsp3) is 0.423. The van der Waals surface area contributed by atoms with Crippen LogP contribution in [0, 0.1) is 13.8 Å². The van der Waals surface area contributed by atoms with Crippen LogP contribution in [-0.4, -0.2) is 70.4 Å². The predicted molar refractivity (Wildman–Crippen MR) is 130 cm³/mol. The van der Waals surface area contributed by atoms with Crippen molar-refractivity contribution in [2.75, 3.05) is 60.6 Å². The van der Waals surface area contributed by atoms with Crippen molar-refractivity contribution in [3.05, 3.63) is 51.9 Å². The number of benzene rings is 2. The first kappa shape index (κ1) is 23.1. The normalized spacial score (nSPS) is 15.1. The Morgan fingerprint density at radius 2 is 1.64 bits per heavy atom. The van der Waals surface area contributed by atoms with Gasteiger partial charge in [-0.25, -0.2) is 4.79 Å². The van der Waals surface area contributed by atoms with E-state index in [0.717, 1.165) is 55.2 Å². The van der Waals surface area contributed by atoms with E-state index < -0.39 is 5.63 Å². The summed E-state index contributed by atoms with van der Waals surface area (Å²) in [5, 5.41) is 1.11. The van der Waals surface area contributed by atoms with Crippen LogP contribution in [0.3, 0.4) is 0 Å². The average molecular weight is 453 g/mol. The molecule has 0 bridgehead atoms. The monoisotopic (exact) mass is 452 g/mol. The van der Waals surface area contributed by atoms with E-state index >= 15 is 0 Å². The van der Waals surface area contributed by atoms with Gasteiger partial charge in [0.05, 0.1) is 14.2 Å². The molecule has 2 heterocycles. The highest BCUT2D eigenvalue weighted by molar-refractivity contribution is 5.90. The molecule has 0 unspecified atom stereocenters. The molecule has 176 valence electrons. The predicted octanol–water partition coefficient (Wildman–Crippen LogP) is 3.72. The molecule has 4 rings (SSSR count). The van der Waals surface area contributed by atoms with Crippen LogP contribution >= 0.6 is 0 Å². The highest BCUT2D eigenvalue weighted by atomic mass is 16.5. The van der Waals surface area contributed by atoms with Gasteiger partial charge in [0.1, 0.15) is 35.0 Å². The molecule has 1 aliphatic rings. The van der Waals surface area contributed by atoms with Crippen LogP contribution in [0.5, 0.6) is 17.2 Å². The molecule has 0 radical (unpaired) electrons. The summed E-state index contributed by atoms with van der Waals surface area (Å²) in [5.74, 6) is 2.44. The molecule has 1 aliphatic heterocycles. The van der Waals surface area contributed by atoms with Gasteiger partial charge in [0.25, 0.3) is 0 Å². The zero-order valence-corrected chi connectivity index (χ0v) is 20.1. The van der Waals surface area contributed by atoms with Crippen molar-refractivity contribution >= 4 is 10.8 Å². The van der Waals surface area contributed by atoms with Gasteiger partial charge in [-0.2, -0.15) is 0 Å². The number of fused-ring (bicyclic) bond motifs is 1. The van der Waals surface area contributed by atoms with E-state index in [1.54, 1.807) is 13.2 Å². The molecule has 0 atom stereocenters. The molecule has 0 saturated carbocycles. The molecule has 0 amide bonds. The number of rotatable bonds is 7. The SMILES string of the molecule is COc1cc(OC)c2c(=O)oc(-c3cc(C)c(OCCN4CCN(C)CC4)c(C)c3)cc2c1. The quantitative estimate of drug-likeness (QED) is 0.541. The lowest BCUT2D eigenvalue weighted by Gasteiger charge is -2.32. The van der Waals surface area contributed by atoms with Crippen molar-refractivity contribution in [3.8, 4) is 28.6 Å². The molecule has 3 aromatic rings. The molecule has 1 fully saturated rings. The standard InChI is InChI=1S/C26H32N2O5/c1-17-12-19(13-18(2)25(17)32-11-10-28-8-6-27(3)7-9-28)22-15-20-14-21(30-4)16-23(31-5)24(20)26(29)33-22/h12-16H,6-11H2,1-5H3. The smallest absolute Gasteiger partial charge is 0.347 e. The van der Waals surface area contributed by atoms with Crippen LogP contribution < -0.4 is 19.8 Å². The van der Waals surface area contributed by atoms with Gasteiger partial charge < -0.3 is 23.5 Å². The summed E-state index contributed by atoms with van der Waals surface area (Å²) in [6.45, 7) is 9.95. The Hall–Kier alpha value is -3.03. The molecule has 0 N–H and O–H groups in total. The van der Waals surface area contributed by atoms with Gasteiger partial charge in [0, 0.05) is 49.7 Å². The van der Waals surface area contributed by atoms with E-state index in [0.29, 0.717) is 34.6 Å². The van der Waals surface area contributed by atoms with Crippen molar-refractivity contribution in [1.82, 2.24) is 9.80 Å². The second-order valence-corrected chi connectivity index (χ2v) is 8.62. The molecule has 7 heteroatoms. The third-order valence-corrected chi connectivity index (χ3v) is 6.25. The second kappa shape index (κ2) is 9.85. The highest BCUT2D eigenvalue weighted by Crippen LogP contribution is 2.34. The van der Waals surface area contributed by atoms with Gasteiger partial charge in [-0.3, -0.25) is 4.90 Å². The first-order chi connectivity index (χ1) is 15.9. The Bertz CT molecular complexity index is 1170. The Kier molecular flexibility index (Phi) is 6.91. The third-order valence-electron chi connectivity index (χ3n) is 6.25. The van der Waals surface area contributed by atoms with Crippen LogP contribution in [0.15, 0.2) is 39.5 Å². The number of aryl methyl sites for hydroxylation is 2. The highest BCUT2D eigenvalue weighted by Gasteiger charge is 2.17. The van der Waals surface area contributed by atoms with E-state index in [2.05, 4.69) is 16.8 Å². The van der Waals surface area contributed by atoms with Crippen LogP contribution in [0.2, 0.25) is 0 Å². The molecular weight excluding hydrogens is 420 g/mol. The van der Waals surface area contributed by atoms with Crippen molar-refractivity contribution in [1.29, 1.82) is 0 Å². The number of piperazine rings is 1. The maximum atomic E-state index is 12.8. The summed E-state index contributed by atoms with van der Waals surface area (Å²) in [6.07, 6.45) is 0. The maximum absolute atomic E-state index is 12.8. The number of hydrogen-bond donors (Lipinski definition) is 0. The molecular formula is C26H32N2O5. The molecule has 0 aliphatic carbocycles. The maximum Gasteiger partial charge on any atom is 0.347 e. The number of methoxy groups -OCH3 is 2. The fourth-order valence-corrected chi connectivity index (χ4v) is 4.35. The van der Waals surface area contributed by atoms with Crippen LogP contribution in [0.4, 0.5) is 0 Å². The van der Waals surface area contributed by atoms with Gasteiger partial charge in [0.2, 0.25) is 0 Å². The van der Waals surface area contributed by atoms with Crippen LogP contribution in [0.1, 0.15) is 11.1 Å². The minimum atomic E-state index is -0.440. The summed E-state index contributed by atoms with van der Waals surface area (Å²) in [7, 11) is 5.27. The summed E-state index contributed by atoms with van der Waals surface area (Å²) in [5.41, 5.74) is 2.41. The lowest BCUT2D eigenvalue weighted by molar-refractivity contribution is 0.133. The molecule has 33 heavy (non-hydrogen) atoms. The molecule has 1 aromatic heterocycles. The average Bonchev–Trinajstić information content (AvgIpc) is 2.80. The van der Waals surface area contributed by atoms with E-state index in [1.807, 2.05) is 38.1 Å². The summed E-state index contributed by atoms with van der Waals surface area (Å²) < 4.78 is 22.6. The molecule has 7 nitrogen and oxygen atoms in total. The number of likely N-dealkylation sites (N-methyl/N-ethyl adjacent to an activating group) is 1. The first-order valence-corrected chi connectivity index (χ1v) is 11.2. The van der Waals surface area contributed by atoms with E-state index in [1.165, 1.54) is 7.11 Å². The largest absolute Gasteiger partial charge is 0.497 e. The van der Waals surface area contributed by atoms with Gasteiger partial charge in [-0.05, 0) is 56.3 Å². The lowest BCUT2D eigenvalue weighted by atomic mass is 10.0. The van der Waals surface area contributed by atoms with Crippen molar-refractivity contribution in [3.63, 3.8) is 0 Å². The van der Waals surface area contributed by atoms with E-state index in [4.69, 9.17) is 18.6 Å². The van der Waals surface area contributed by atoms with Gasteiger partial charge >= 0.3 is 5.63 Å². The van der Waals surface area contributed by atoms with Crippen LogP contribution in [0.25, 0.3) is 22.1 Å². The topological polar surface area (TPSA) is 64.4 Å².